The van der Waals surface area contributed by atoms with Crippen LogP contribution in [-0.4, -0.2) is 0 Å². The van der Waals surface area contributed by atoms with Gasteiger partial charge in [0, 0.05) is 43.0 Å². The van der Waals surface area contributed by atoms with Crippen molar-refractivity contribution in [3.05, 3.63) is 188 Å². The van der Waals surface area contributed by atoms with Crippen molar-refractivity contribution in [2.45, 2.75) is 0 Å². The fourth-order valence-electron chi connectivity index (χ4n) is 8.19. The molecule has 2 aromatic heterocycles. The predicted molar refractivity (Wildman–Crippen MR) is 227 cm³/mol. The minimum Gasteiger partial charge on any atom is -0.455 e. The summed E-state index contributed by atoms with van der Waals surface area (Å²) in [5.41, 5.74) is 10.1. The van der Waals surface area contributed by atoms with E-state index in [1.807, 2.05) is 11.3 Å². The highest BCUT2D eigenvalue weighted by Crippen LogP contribution is 2.49. The number of furan rings is 1. The second kappa shape index (κ2) is 11.9. The zero-order chi connectivity index (χ0) is 34.9. The largest absolute Gasteiger partial charge is 0.455 e. The molecule has 2 heterocycles. The van der Waals surface area contributed by atoms with Gasteiger partial charge in [-0.3, -0.25) is 0 Å². The zero-order valence-electron chi connectivity index (χ0n) is 28.7. The quantitative estimate of drug-likeness (QED) is 0.178. The summed E-state index contributed by atoms with van der Waals surface area (Å²) in [7, 11) is 0. The summed E-state index contributed by atoms with van der Waals surface area (Å²) in [5, 5.41) is 9.67. The molecule has 0 aliphatic carbocycles. The third-order valence-corrected chi connectivity index (χ3v) is 11.8. The third kappa shape index (κ3) is 4.78. The van der Waals surface area contributed by atoms with E-state index in [2.05, 4.69) is 193 Å². The topological polar surface area (TPSA) is 16.4 Å². The van der Waals surface area contributed by atoms with Crippen LogP contribution in [0.1, 0.15) is 0 Å². The van der Waals surface area contributed by atoms with E-state index >= 15 is 0 Å². The van der Waals surface area contributed by atoms with Crippen molar-refractivity contribution in [2.75, 3.05) is 4.90 Å². The molecule has 0 N–H and O–H groups in total. The molecule has 9 aromatic carbocycles. The fourth-order valence-corrected chi connectivity index (χ4v) is 9.41. The molecule has 53 heavy (non-hydrogen) atoms. The average molecular weight is 694 g/mol. The van der Waals surface area contributed by atoms with E-state index in [1.165, 1.54) is 64.0 Å². The lowest BCUT2D eigenvalue weighted by atomic mass is 9.98. The van der Waals surface area contributed by atoms with Crippen molar-refractivity contribution in [1.29, 1.82) is 0 Å². The van der Waals surface area contributed by atoms with E-state index < -0.39 is 0 Å². The Hall–Kier alpha value is -6.68. The standard InChI is InChI=1S/C50H31NOS/c1-2-11-32(12-3-1)36-16-8-17-38(31-36)51(37-26-23-35(24-27-37)40-20-9-15-33-13-4-6-18-39(33)40)44-22-10-21-43-48-46(53-50(43)44)30-29-45-47(48)42-28-25-34-14-5-7-19-41(34)49(42)52-45/h1-31H. The number of hydrogen-bond acceptors (Lipinski definition) is 3. The van der Waals surface area contributed by atoms with E-state index in [1.54, 1.807) is 0 Å². The van der Waals surface area contributed by atoms with Crippen molar-refractivity contribution < 1.29 is 4.42 Å². The maximum Gasteiger partial charge on any atom is 0.143 e. The van der Waals surface area contributed by atoms with Gasteiger partial charge in [0.2, 0.25) is 0 Å². The van der Waals surface area contributed by atoms with Gasteiger partial charge in [-0.2, -0.15) is 0 Å². The molecular weight excluding hydrogens is 663 g/mol. The first-order valence-electron chi connectivity index (χ1n) is 18.0. The number of thiophene rings is 1. The van der Waals surface area contributed by atoms with E-state index in [4.69, 9.17) is 4.42 Å². The summed E-state index contributed by atoms with van der Waals surface area (Å²) in [5.74, 6) is 0. The van der Waals surface area contributed by atoms with E-state index in [0.717, 1.165) is 39.0 Å². The number of benzene rings is 9. The van der Waals surface area contributed by atoms with Crippen LogP contribution in [0.5, 0.6) is 0 Å². The van der Waals surface area contributed by atoms with Crippen LogP contribution in [0.3, 0.4) is 0 Å². The molecule has 3 heteroatoms. The first kappa shape index (κ1) is 30.0. The summed E-state index contributed by atoms with van der Waals surface area (Å²) >= 11 is 1.86. The summed E-state index contributed by atoms with van der Waals surface area (Å²) in [6.45, 7) is 0. The number of rotatable bonds is 5. The van der Waals surface area contributed by atoms with Gasteiger partial charge < -0.3 is 9.32 Å². The Morgan fingerprint density at radius 3 is 1.98 bits per heavy atom. The minimum absolute atomic E-state index is 0.922. The SMILES string of the molecule is c1ccc(-c2cccc(N(c3ccc(-c4cccc5ccccc45)cc3)c3cccc4c3sc3ccc5oc6c7ccccc7ccc6c5c34)c2)cc1. The zero-order valence-corrected chi connectivity index (χ0v) is 29.5. The van der Waals surface area contributed by atoms with E-state index in [-0.39, 0.29) is 0 Å². The Kier molecular flexibility index (Phi) is 6.76. The molecular formula is C50H31NOS. The normalized spacial score (nSPS) is 11.8. The van der Waals surface area contributed by atoms with Crippen molar-refractivity contribution in [3.8, 4) is 22.3 Å². The van der Waals surface area contributed by atoms with Gasteiger partial charge in [0.1, 0.15) is 11.2 Å². The highest BCUT2D eigenvalue weighted by molar-refractivity contribution is 7.26. The summed E-state index contributed by atoms with van der Waals surface area (Å²) in [4.78, 5) is 2.43. The van der Waals surface area contributed by atoms with Gasteiger partial charge in [-0.25, -0.2) is 0 Å². The van der Waals surface area contributed by atoms with Crippen LogP contribution >= 0.6 is 11.3 Å². The van der Waals surface area contributed by atoms with Gasteiger partial charge in [0.15, 0.2) is 0 Å². The van der Waals surface area contributed by atoms with Gasteiger partial charge >= 0.3 is 0 Å². The van der Waals surface area contributed by atoms with Crippen LogP contribution in [0.4, 0.5) is 17.1 Å². The van der Waals surface area contributed by atoms with Gasteiger partial charge in [-0.05, 0) is 86.9 Å². The summed E-state index contributed by atoms with van der Waals surface area (Å²) in [6.07, 6.45) is 0. The van der Waals surface area contributed by atoms with Crippen molar-refractivity contribution in [2.24, 2.45) is 0 Å². The van der Waals surface area contributed by atoms with Crippen LogP contribution in [0.2, 0.25) is 0 Å². The second-order valence-electron chi connectivity index (χ2n) is 13.7. The molecule has 0 atom stereocenters. The van der Waals surface area contributed by atoms with Gasteiger partial charge in [-0.15, -0.1) is 11.3 Å². The molecule has 0 amide bonds. The Morgan fingerprint density at radius 2 is 1.11 bits per heavy atom. The highest BCUT2D eigenvalue weighted by Gasteiger charge is 2.22. The van der Waals surface area contributed by atoms with Gasteiger partial charge in [0.05, 0.1) is 10.4 Å². The second-order valence-corrected chi connectivity index (χ2v) is 14.7. The molecule has 0 aliphatic rings. The fraction of sp³-hybridized carbons (Fsp3) is 0. The molecule has 0 aliphatic heterocycles. The lowest BCUT2D eigenvalue weighted by Gasteiger charge is -2.27. The molecule has 11 rings (SSSR count). The molecule has 0 radical (unpaired) electrons. The number of fused-ring (bicyclic) bond motifs is 10. The van der Waals surface area contributed by atoms with Crippen molar-refractivity contribution >= 4 is 92.1 Å². The average Bonchev–Trinajstić information content (AvgIpc) is 3.81. The lowest BCUT2D eigenvalue weighted by molar-refractivity contribution is 0.673. The van der Waals surface area contributed by atoms with E-state index in [0.29, 0.717) is 0 Å². The Balaban J connectivity index is 1.14. The predicted octanol–water partition coefficient (Wildman–Crippen LogP) is 15.1. The Morgan fingerprint density at radius 1 is 0.415 bits per heavy atom. The number of anilines is 3. The molecule has 248 valence electrons. The Labute approximate surface area is 310 Å². The monoisotopic (exact) mass is 693 g/mol. The maximum atomic E-state index is 6.63. The van der Waals surface area contributed by atoms with Crippen LogP contribution in [0.15, 0.2) is 192 Å². The van der Waals surface area contributed by atoms with Crippen LogP contribution < -0.4 is 4.90 Å². The lowest BCUT2D eigenvalue weighted by Crippen LogP contribution is -2.10. The number of nitrogens with zero attached hydrogens (tertiary/aromatic N) is 1. The molecule has 2 nitrogen and oxygen atoms in total. The molecule has 0 saturated carbocycles. The Bertz CT molecular complexity index is 3170. The molecule has 0 bridgehead atoms. The van der Waals surface area contributed by atoms with Gasteiger partial charge in [0.25, 0.3) is 0 Å². The van der Waals surface area contributed by atoms with Crippen LogP contribution in [0, 0.1) is 0 Å². The van der Waals surface area contributed by atoms with Crippen LogP contribution in [0.25, 0.3) is 85.9 Å². The third-order valence-electron chi connectivity index (χ3n) is 10.6. The summed E-state index contributed by atoms with van der Waals surface area (Å²) in [6, 6.07) is 67.9. The van der Waals surface area contributed by atoms with Gasteiger partial charge in [-0.1, -0.05) is 140 Å². The van der Waals surface area contributed by atoms with Crippen molar-refractivity contribution in [1.82, 2.24) is 0 Å². The van der Waals surface area contributed by atoms with Crippen LogP contribution in [-0.2, 0) is 0 Å². The molecule has 0 spiro atoms. The molecule has 0 saturated heterocycles. The molecule has 11 aromatic rings. The van der Waals surface area contributed by atoms with E-state index in [9.17, 15) is 0 Å². The van der Waals surface area contributed by atoms with Crippen molar-refractivity contribution in [3.63, 3.8) is 0 Å². The first-order valence-corrected chi connectivity index (χ1v) is 18.8. The smallest absolute Gasteiger partial charge is 0.143 e. The summed E-state index contributed by atoms with van der Waals surface area (Å²) < 4.78 is 9.13. The minimum atomic E-state index is 0.922. The molecule has 0 fully saturated rings. The highest BCUT2D eigenvalue weighted by atomic mass is 32.1. The molecule has 0 unspecified atom stereocenters. The first-order chi connectivity index (χ1) is 26.3. The maximum absolute atomic E-state index is 6.63. The number of hydrogen-bond donors (Lipinski definition) is 0.